The van der Waals surface area contributed by atoms with Crippen LogP contribution in [0.3, 0.4) is 0 Å². The summed E-state index contributed by atoms with van der Waals surface area (Å²) < 4.78 is 16.6. The molecule has 0 bridgehead atoms. The summed E-state index contributed by atoms with van der Waals surface area (Å²) in [4.78, 5) is 11.8. The van der Waals surface area contributed by atoms with Gasteiger partial charge in [-0.2, -0.15) is 0 Å². The van der Waals surface area contributed by atoms with Crippen LogP contribution in [-0.4, -0.2) is 12.9 Å². The highest BCUT2D eigenvalue weighted by atomic mass is 16.7. The van der Waals surface area contributed by atoms with Crippen LogP contribution in [0.15, 0.2) is 15.3 Å². The molecule has 4 nitrogen and oxygen atoms in total. The molecule has 1 saturated heterocycles. The third-order valence-electron chi connectivity index (χ3n) is 3.48. The van der Waals surface area contributed by atoms with E-state index in [2.05, 4.69) is 0 Å². The summed E-state index contributed by atoms with van der Waals surface area (Å²) in [6.07, 6.45) is 3.78. The number of ether oxygens (including phenoxy) is 2. The molecule has 92 valence electrons. The van der Waals surface area contributed by atoms with Crippen LogP contribution in [0.25, 0.3) is 0 Å². The lowest BCUT2D eigenvalue weighted by atomic mass is 9.92. The summed E-state index contributed by atoms with van der Waals surface area (Å²) in [6.45, 7) is 2.50. The van der Waals surface area contributed by atoms with Crippen molar-refractivity contribution < 1.29 is 13.9 Å². The molecule has 0 aromatic carbocycles. The highest BCUT2D eigenvalue weighted by Crippen LogP contribution is 2.34. The van der Waals surface area contributed by atoms with Gasteiger partial charge in [0.1, 0.15) is 11.5 Å². The van der Waals surface area contributed by atoms with Crippen LogP contribution in [0.1, 0.15) is 30.6 Å². The molecule has 0 amide bonds. The topological polar surface area (TPSA) is 48.7 Å². The van der Waals surface area contributed by atoms with Gasteiger partial charge in [-0.3, -0.25) is 0 Å². The normalized spacial score (nSPS) is 27.6. The van der Waals surface area contributed by atoms with Gasteiger partial charge in [0.05, 0.1) is 12.2 Å². The van der Waals surface area contributed by atoms with Crippen LogP contribution >= 0.6 is 0 Å². The third kappa shape index (κ3) is 1.97. The second-order valence-electron chi connectivity index (χ2n) is 4.80. The van der Waals surface area contributed by atoms with Crippen LogP contribution in [0.4, 0.5) is 0 Å². The highest BCUT2D eigenvalue weighted by molar-refractivity contribution is 5.33. The first kappa shape index (κ1) is 10.8. The van der Waals surface area contributed by atoms with Crippen molar-refractivity contribution in [2.24, 2.45) is 5.92 Å². The molecule has 4 heteroatoms. The van der Waals surface area contributed by atoms with Crippen molar-refractivity contribution in [1.82, 2.24) is 0 Å². The Morgan fingerprint density at radius 3 is 3.12 bits per heavy atom. The van der Waals surface area contributed by atoms with Crippen molar-refractivity contribution in [3.63, 3.8) is 0 Å². The minimum Gasteiger partial charge on any atom is -0.464 e. The predicted octanol–water partition coefficient (Wildman–Crippen LogP) is 2.03. The second kappa shape index (κ2) is 4.18. The van der Waals surface area contributed by atoms with E-state index in [4.69, 9.17) is 13.9 Å². The molecule has 3 rings (SSSR count). The lowest BCUT2D eigenvalue weighted by molar-refractivity contribution is -0.116. The van der Waals surface area contributed by atoms with Gasteiger partial charge in [0.25, 0.3) is 0 Å². The number of hydrogen-bond acceptors (Lipinski definition) is 4. The minimum atomic E-state index is -0.261. The fraction of sp³-hybridized carbons (Fsp3) is 0.615. The monoisotopic (exact) mass is 236 g/mol. The molecule has 0 N–H and O–H groups in total. The van der Waals surface area contributed by atoms with Crippen molar-refractivity contribution in [3.8, 4) is 5.75 Å². The molecule has 0 radical (unpaired) electrons. The summed E-state index contributed by atoms with van der Waals surface area (Å²) in [5.74, 6) is 1.51. The Bertz CT molecular complexity index is 477. The summed E-state index contributed by atoms with van der Waals surface area (Å²) in [6, 6.07) is 1.78. The molecule has 17 heavy (non-hydrogen) atoms. The molecular weight excluding hydrogens is 220 g/mol. The molecular formula is C13H16O4. The summed E-state index contributed by atoms with van der Waals surface area (Å²) in [5, 5.41) is 0. The van der Waals surface area contributed by atoms with E-state index >= 15 is 0 Å². The Morgan fingerprint density at radius 1 is 1.35 bits per heavy atom. The Kier molecular flexibility index (Phi) is 2.67. The summed E-state index contributed by atoms with van der Waals surface area (Å²) in [7, 11) is 0. The van der Waals surface area contributed by atoms with E-state index in [0.29, 0.717) is 23.5 Å². The van der Waals surface area contributed by atoms with E-state index in [1.54, 1.807) is 13.0 Å². The van der Waals surface area contributed by atoms with Crippen LogP contribution in [0, 0.1) is 12.8 Å². The van der Waals surface area contributed by atoms with Gasteiger partial charge in [0.2, 0.25) is 6.29 Å². The zero-order chi connectivity index (χ0) is 11.8. The summed E-state index contributed by atoms with van der Waals surface area (Å²) >= 11 is 0. The van der Waals surface area contributed by atoms with Gasteiger partial charge in [-0.1, -0.05) is 6.42 Å². The first-order chi connectivity index (χ1) is 8.24. The lowest BCUT2D eigenvalue weighted by Crippen LogP contribution is -2.36. The lowest BCUT2D eigenvalue weighted by Gasteiger charge is -2.30. The van der Waals surface area contributed by atoms with Gasteiger partial charge in [-0.15, -0.1) is 0 Å². The molecule has 1 aromatic heterocycles. The van der Waals surface area contributed by atoms with E-state index in [-0.39, 0.29) is 17.8 Å². The third-order valence-corrected chi connectivity index (χ3v) is 3.48. The number of hydrogen-bond donors (Lipinski definition) is 0. The Morgan fingerprint density at radius 2 is 2.24 bits per heavy atom. The zero-order valence-corrected chi connectivity index (χ0v) is 9.90. The molecule has 1 aromatic rings. The maximum Gasteiger partial charge on any atom is 0.342 e. The second-order valence-corrected chi connectivity index (χ2v) is 4.80. The van der Waals surface area contributed by atoms with Gasteiger partial charge < -0.3 is 13.9 Å². The molecule has 1 fully saturated rings. The van der Waals surface area contributed by atoms with Gasteiger partial charge in [-0.25, -0.2) is 4.79 Å². The average Bonchev–Trinajstić information content (AvgIpc) is 2.51. The standard InChI is InChI=1S/C13H16O4/c1-8-6-11-10(12(14)16-8)7-9-4-2-3-5-15-13(9)17-11/h6,9,13H,2-5,7H2,1H3/t9-,13+/m0/s1. The number of rotatable bonds is 0. The maximum absolute atomic E-state index is 11.8. The molecule has 0 unspecified atom stereocenters. The fourth-order valence-electron chi connectivity index (χ4n) is 2.59. The predicted molar refractivity (Wildman–Crippen MR) is 61.1 cm³/mol. The van der Waals surface area contributed by atoms with Gasteiger partial charge in [-0.05, 0) is 26.2 Å². The quantitative estimate of drug-likeness (QED) is 0.691. The fourth-order valence-corrected chi connectivity index (χ4v) is 2.59. The Labute approximate surface area is 99.5 Å². The van der Waals surface area contributed by atoms with Crippen LogP contribution < -0.4 is 10.4 Å². The first-order valence-corrected chi connectivity index (χ1v) is 6.16. The van der Waals surface area contributed by atoms with Crippen molar-refractivity contribution in [3.05, 3.63) is 27.8 Å². The molecule has 2 aliphatic heterocycles. The minimum absolute atomic E-state index is 0.189. The van der Waals surface area contributed by atoms with Crippen molar-refractivity contribution in [2.45, 2.75) is 38.9 Å². The zero-order valence-electron chi connectivity index (χ0n) is 9.90. The SMILES string of the molecule is Cc1cc2c(c(=O)o1)C[C@@H]1CCCCO[C@@H]1O2. The molecule has 0 saturated carbocycles. The van der Waals surface area contributed by atoms with E-state index in [1.165, 1.54) is 0 Å². The van der Waals surface area contributed by atoms with Gasteiger partial charge >= 0.3 is 5.63 Å². The van der Waals surface area contributed by atoms with Crippen LogP contribution in [0.2, 0.25) is 0 Å². The smallest absolute Gasteiger partial charge is 0.342 e. The molecule has 0 aliphatic carbocycles. The van der Waals surface area contributed by atoms with Crippen molar-refractivity contribution in [1.29, 1.82) is 0 Å². The van der Waals surface area contributed by atoms with Crippen molar-refractivity contribution in [2.75, 3.05) is 6.61 Å². The average molecular weight is 236 g/mol. The number of fused-ring (bicyclic) bond motifs is 2. The molecule has 2 atom stereocenters. The van der Waals surface area contributed by atoms with Crippen LogP contribution in [0.5, 0.6) is 5.75 Å². The van der Waals surface area contributed by atoms with Crippen LogP contribution in [-0.2, 0) is 11.2 Å². The van der Waals surface area contributed by atoms with E-state index in [9.17, 15) is 4.79 Å². The number of aryl methyl sites for hydroxylation is 1. The molecule has 0 spiro atoms. The van der Waals surface area contributed by atoms with E-state index < -0.39 is 0 Å². The molecule has 3 heterocycles. The Balaban J connectivity index is 1.97. The van der Waals surface area contributed by atoms with E-state index in [1.807, 2.05) is 0 Å². The Hall–Kier alpha value is -1.29. The largest absolute Gasteiger partial charge is 0.464 e. The van der Waals surface area contributed by atoms with E-state index in [0.717, 1.165) is 25.9 Å². The van der Waals surface area contributed by atoms with Gasteiger partial charge in [0.15, 0.2) is 0 Å². The maximum atomic E-state index is 11.8. The molecule has 2 aliphatic rings. The first-order valence-electron chi connectivity index (χ1n) is 6.16. The van der Waals surface area contributed by atoms with Gasteiger partial charge in [0, 0.05) is 12.0 Å². The van der Waals surface area contributed by atoms with Crippen molar-refractivity contribution >= 4 is 0 Å². The summed E-state index contributed by atoms with van der Waals surface area (Å²) in [5.41, 5.74) is 0.407. The highest BCUT2D eigenvalue weighted by Gasteiger charge is 2.33.